The number of hydrogen-bond acceptors (Lipinski definition) is 6. The molecule has 2 heterocycles. The molecule has 1 fully saturated rings. The van der Waals surface area contributed by atoms with Crippen LogP contribution in [0.4, 0.5) is 0 Å². The standard InChI is InChI=1S/C17H24N4O4/c1-4-9-21-14-12(10-18-21)15(22)20-13(19-14)11-5-7-17(25-3,8-6-11)16(23)24-2/h10-11H,4-9H2,1-3H3,(H,19,20,22). The van der Waals surface area contributed by atoms with E-state index in [4.69, 9.17) is 9.47 Å². The molecule has 0 aromatic carbocycles. The predicted molar refractivity (Wildman–Crippen MR) is 91.4 cm³/mol. The van der Waals surface area contributed by atoms with Crippen molar-refractivity contribution in [3.63, 3.8) is 0 Å². The van der Waals surface area contributed by atoms with Crippen LogP contribution in [0.5, 0.6) is 0 Å². The Morgan fingerprint density at radius 1 is 1.40 bits per heavy atom. The van der Waals surface area contributed by atoms with Crippen molar-refractivity contribution in [2.75, 3.05) is 14.2 Å². The molecule has 0 spiro atoms. The number of carbonyl (C=O) groups is 1. The van der Waals surface area contributed by atoms with Crippen molar-refractivity contribution in [3.8, 4) is 0 Å². The summed E-state index contributed by atoms with van der Waals surface area (Å²) in [6.45, 7) is 2.78. The SMILES string of the molecule is CCCn1ncc2c(=O)[nH]c(C3CCC(OC)(C(=O)OC)CC3)nc21. The summed E-state index contributed by atoms with van der Waals surface area (Å²) in [6.07, 6.45) is 4.94. The van der Waals surface area contributed by atoms with Gasteiger partial charge in [0.1, 0.15) is 11.2 Å². The number of hydrogen-bond donors (Lipinski definition) is 1. The van der Waals surface area contributed by atoms with E-state index in [9.17, 15) is 9.59 Å². The number of nitrogens with one attached hydrogen (secondary N) is 1. The molecular weight excluding hydrogens is 324 g/mol. The Hall–Kier alpha value is -2.22. The first-order valence-corrected chi connectivity index (χ1v) is 8.64. The normalized spacial score (nSPS) is 23.7. The fourth-order valence-electron chi connectivity index (χ4n) is 3.59. The molecule has 2 aromatic rings. The van der Waals surface area contributed by atoms with Crippen molar-refractivity contribution in [1.29, 1.82) is 0 Å². The highest BCUT2D eigenvalue weighted by atomic mass is 16.6. The van der Waals surface area contributed by atoms with Gasteiger partial charge in [-0.2, -0.15) is 5.10 Å². The van der Waals surface area contributed by atoms with Gasteiger partial charge in [0.2, 0.25) is 0 Å². The molecule has 1 aliphatic carbocycles. The number of carbonyl (C=O) groups excluding carboxylic acids is 1. The average molecular weight is 348 g/mol. The summed E-state index contributed by atoms with van der Waals surface area (Å²) in [5.74, 6) is 0.395. The molecule has 0 atom stereocenters. The molecular formula is C17H24N4O4. The van der Waals surface area contributed by atoms with Crippen molar-refractivity contribution in [3.05, 3.63) is 22.4 Å². The maximum absolute atomic E-state index is 12.4. The zero-order valence-corrected chi connectivity index (χ0v) is 14.9. The number of esters is 1. The van der Waals surface area contributed by atoms with Crippen molar-refractivity contribution < 1.29 is 14.3 Å². The third-order valence-electron chi connectivity index (χ3n) is 5.09. The number of methoxy groups -OCH3 is 2. The maximum atomic E-state index is 12.4. The summed E-state index contributed by atoms with van der Waals surface area (Å²) in [6, 6.07) is 0. The number of aromatic amines is 1. The van der Waals surface area contributed by atoms with Gasteiger partial charge in [0.25, 0.3) is 5.56 Å². The molecule has 3 rings (SSSR count). The van der Waals surface area contributed by atoms with E-state index in [2.05, 4.69) is 22.0 Å². The highest BCUT2D eigenvalue weighted by Gasteiger charge is 2.44. The molecule has 0 radical (unpaired) electrons. The van der Waals surface area contributed by atoms with Gasteiger partial charge < -0.3 is 14.5 Å². The molecule has 2 aromatic heterocycles. The lowest BCUT2D eigenvalue weighted by Crippen LogP contribution is -2.44. The number of ether oxygens (including phenoxy) is 2. The Balaban J connectivity index is 1.87. The summed E-state index contributed by atoms with van der Waals surface area (Å²) >= 11 is 0. The first kappa shape index (κ1) is 17.6. The quantitative estimate of drug-likeness (QED) is 0.827. The fourth-order valence-corrected chi connectivity index (χ4v) is 3.59. The average Bonchev–Trinajstić information content (AvgIpc) is 3.05. The summed E-state index contributed by atoms with van der Waals surface area (Å²) in [4.78, 5) is 31.9. The van der Waals surface area contributed by atoms with E-state index in [1.807, 2.05) is 0 Å². The van der Waals surface area contributed by atoms with E-state index < -0.39 is 5.60 Å². The van der Waals surface area contributed by atoms with Crippen LogP contribution in [0.15, 0.2) is 11.0 Å². The maximum Gasteiger partial charge on any atom is 0.338 e. The Labute approximate surface area is 145 Å². The highest BCUT2D eigenvalue weighted by molar-refractivity contribution is 5.79. The van der Waals surface area contributed by atoms with E-state index in [0.717, 1.165) is 13.0 Å². The molecule has 25 heavy (non-hydrogen) atoms. The van der Waals surface area contributed by atoms with Crippen LogP contribution in [-0.4, -0.2) is 45.5 Å². The van der Waals surface area contributed by atoms with Crippen molar-refractivity contribution >= 4 is 17.0 Å². The van der Waals surface area contributed by atoms with Gasteiger partial charge >= 0.3 is 5.97 Å². The second-order valence-corrected chi connectivity index (χ2v) is 6.52. The Bertz CT molecular complexity index is 818. The van der Waals surface area contributed by atoms with Gasteiger partial charge in [-0.3, -0.25) is 4.79 Å². The number of rotatable bonds is 5. The van der Waals surface area contributed by atoms with Crippen LogP contribution < -0.4 is 5.56 Å². The minimum atomic E-state index is -0.889. The van der Waals surface area contributed by atoms with Gasteiger partial charge in [0.05, 0.1) is 13.3 Å². The van der Waals surface area contributed by atoms with Gasteiger partial charge in [0.15, 0.2) is 11.2 Å². The monoisotopic (exact) mass is 348 g/mol. The van der Waals surface area contributed by atoms with E-state index >= 15 is 0 Å². The number of fused-ring (bicyclic) bond motifs is 1. The van der Waals surface area contributed by atoms with Gasteiger partial charge in [0, 0.05) is 19.6 Å². The highest BCUT2D eigenvalue weighted by Crippen LogP contribution is 2.39. The molecule has 8 nitrogen and oxygen atoms in total. The Kier molecular flexibility index (Phi) is 4.89. The topological polar surface area (TPSA) is 99.1 Å². The van der Waals surface area contributed by atoms with E-state index in [-0.39, 0.29) is 17.4 Å². The third-order valence-corrected chi connectivity index (χ3v) is 5.09. The first-order valence-electron chi connectivity index (χ1n) is 8.64. The fraction of sp³-hybridized carbons (Fsp3) is 0.647. The third kappa shape index (κ3) is 3.06. The molecule has 0 bridgehead atoms. The van der Waals surface area contributed by atoms with Crippen LogP contribution in [-0.2, 0) is 20.8 Å². The van der Waals surface area contributed by atoms with Crippen molar-refractivity contribution in [1.82, 2.24) is 19.7 Å². The zero-order valence-electron chi connectivity index (χ0n) is 14.9. The van der Waals surface area contributed by atoms with Gasteiger partial charge in [-0.25, -0.2) is 14.5 Å². The van der Waals surface area contributed by atoms with Crippen LogP contribution in [0.1, 0.15) is 50.8 Å². The molecule has 0 saturated heterocycles. The number of aryl methyl sites for hydroxylation is 1. The van der Waals surface area contributed by atoms with Gasteiger partial charge in [-0.15, -0.1) is 0 Å². The molecule has 1 saturated carbocycles. The molecule has 136 valence electrons. The molecule has 8 heteroatoms. The Morgan fingerprint density at radius 2 is 2.12 bits per heavy atom. The van der Waals surface area contributed by atoms with Crippen molar-refractivity contribution in [2.45, 2.75) is 57.1 Å². The smallest absolute Gasteiger partial charge is 0.338 e. The van der Waals surface area contributed by atoms with Crippen LogP contribution in [0.25, 0.3) is 11.0 Å². The molecule has 0 amide bonds. The van der Waals surface area contributed by atoms with Crippen LogP contribution in [0, 0.1) is 0 Å². The van der Waals surface area contributed by atoms with E-state index in [0.29, 0.717) is 42.5 Å². The predicted octanol–water partition coefficient (Wildman–Crippen LogP) is 1.75. The van der Waals surface area contributed by atoms with Crippen molar-refractivity contribution in [2.24, 2.45) is 0 Å². The number of nitrogens with zero attached hydrogens (tertiary/aromatic N) is 3. The number of aromatic nitrogens is 4. The molecule has 1 aliphatic rings. The summed E-state index contributed by atoms with van der Waals surface area (Å²) in [7, 11) is 2.91. The zero-order chi connectivity index (χ0) is 18.0. The largest absolute Gasteiger partial charge is 0.467 e. The molecule has 1 N–H and O–H groups in total. The second kappa shape index (κ2) is 6.95. The van der Waals surface area contributed by atoms with Crippen LogP contribution in [0.3, 0.4) is 0 Å². The summed E-state index contributed by atoms with van der Waals surface area (Å²) in [5.41, 5.74) is -0.435. The Morgan fingerprint density at radius 3 is 2.72 bits per heavy atom. The lowest BCUT2D eigenvalue weighted by molar-refractivity contribution is -0.170. The minimum absolute atomic E-state index is 0.0787. The summed E-state index contributed by atoms with van der Waals surface area (Å²) < 4.78 is 12.1. The molecule has 0 unspecified atom stereocenters. The first-order chi connectivity index (χ1) is 12.0. The second-order valence-electron chi connectivity index (χ2n) is 6.52. The summed E-state index contributed by atoms with van der Waals surface area (Å²) in [5, 5.41) is 4.76. The van der Waals surface area contributed by atoms with E-state index in [1.165, 1.54) is 14.2 Å². The van der Waals surface area contributed by atoms with Crippen LogP contribution in [0.2, 0.25) is 0 Å². The van der Waals surface area contributed by atoms with Crippen LogP contribution >= 0.6 is 0 Å². The number of H-pyrrole nitrogens is 1. The minimum Gasteiger partial charge on any atom is -0.467 e. The molecule has 0 aliphatic heterocycles. The van der Waals surface area contributed by atoms with Gasteiger partial charge in [-0.1, -0.05) is 6.92 Å². The van der Waals surface area contributed by atoms with Gasteiger partial charge in [-0.05, 0) is 32.1 Å². The lowest BCUT2D eigenvalue weighted by Gasteiger charge is -2.36. The van der Waals surface area contributed by atoms with E-state index in [1.54, 1.807) is 10.9 Å². The lowest BCUT2D eigenvalue weighted by atomic mass is 9.78.